The molecular formula is C24H25F3N4O2S. The predicted molar refractivity (Wildman–Crippen MR) is 123 cm³/mol. The normalized spacial score (nSPS) is 14.5. The van der Waals surface area contributed by atoms with Crippen LogP contribution < -0.4 is 4.90 Å². The first kappa shape index (κ1) is 24.1. The summed E-state index contributed by atoms with van der Waals surface area (Å²) >= 11 is 1.40. The summed E-state index contributed by atoms with van der Waals surface area (Å²) in [5.41, 5.74) is 2.84. The van der Waals surface area contributed by atoms with Crippen LogP contribution in [0.15, 0.2) is 41.2 Å². The molecule has 34 heavy (non-hydrogen) atoms. The summed E-state index contributed by atoms with van der Waals surface area (Å²) in [6, 6.07) is 9.08. The van der Waals surface area contributed by atoms with Crippen molar-refractivity contribution in [2.75, 3.05) is 11.9 Å². The Kier molecular flexibility index (Phi) is 7.16. The van der Waals surface area contributed by atoms with Crippen LogP contribution in [0.25, 0.3) is 0 Å². The number of para-hydroxylation sites is 1. The number of benzene rings is 1. The number of fused-ring (bicyclic) bond motifs is 1. The van der Waals surface area contributed by atoms with Gasteiger partial charge < -0.3 is 4.90 Å². The average Bonchev–Trinajstić information content (AvgIpc) is 3.46. The fraction of sp³-hybridized carbons (Fsp3) is 0.417. The highest BCUT2D eigenvalue weighted by Gasteiger charge is 2.39. The van der Waals surface area contributed by atoms with Crippen LogP contribution in [0.1, 0.15) is 41.9 Å². The fourth-order valence-electron chi connectivity index (χ4n) is 4.43. The van der Waals surface area contributed by atoms with Gasteiger partial charge in [-0.25, -0.2) is 4.98 Å². The summed E-state index contributed by atoms with van der Waals surface area (Å²) in [7, 11) is 1.65. The third kappa shape index (κ3) is 5.38. The molecule has 0 bridgehead atoms. The maximum absolute atomic E-state index is 13.5. The van der Waals surface area contributed by atoms with Crippen molar-refractivity contribution in [3.05, 3.63) is 63.9 Å². The van der Waals surface area contributed by atoms with E-state index in [-0.39, 0.29) is 36.6 Å². The number of nitrogens with zero attached hydrogens (tertiary/aromatic N) is 4. The number of anilines is 1. The Hall–Kier alpha value is -3.01. The van der Waals surface area contributed by atoms with E-state index in [1.165, 1.54) is 20.9 Å². The van der Waals surface area contributed by atoms with E-state index in [0.717, 1.165) is 6.42 Å². The molecule has 0 N–H and O–H groups in total. The van der Waals surface area contributed by atoms with Crippen molar-refractivity contribution < 1.29 is 22.8 Å². The van der Waals surface area contributed by atoms with Crippen molar-refractivity contribution in [3.8, 4) is 0 Å². The van der Waals surface area contributed by atoms with E-state index in [9.17, 15) is 22.8 Å². The lowest BCUT2D eigenvalue weighted by Gasteiger charge is -2.23. The number of ketones is 1. The number of Topliss-reactive ketones (excluding diaryl/α,β-unsaturated/α-hetero) is 1. The molecule has 1 atom stereocenters. The number of carbonyl (C=O) groups excluding carboxylic acids is 2. The highest BCUT2D eigenvalue weighted by atomic mass is 32.1. The van der Waals surface area contributed by atoms with Gasteiger partial charge in [-0.1, -0.05) is 18.2 Å². The van der Waals surface area contributed by atoms with Crippen LogP contribution >= 0.6 is 11.3 Å². The molecular weight excluding hydrogens is 465 g/mol. The van der Waals surface area contributed by atoms with Gasteiger partial charge in [-0.3, -0.25) is 14.3 Å². The summed E-state index contributed by atoms with van der Waals surface area (Å²) in [6.45, 7) is -0.283. The molecule has 1 amide bonds. The van der Waals surface area contributed by atoms with Crippen molar-refractivity contribution in [2.24, 2.45) is 5.92 Å². The van der Waals surface area contributed by atoms with Crippen LogP contribution in [-0.2, 0) is 41.6 Å². The highest BCUT2D eigenvalue weighted by Crippen LogP contribution is 2.36. The summed E-state index contributed by atoms with van der Waals surface area (Å²) in [5, 5.41) is 5.60. The number of hydrogen-bond acceptors (Lipinski definition) is 5. The third-order valence-electron chi connectivity index (χ3n) is 6.09. The Labute approximate surface area is 199 Å². The minimum absolute atomic E-state index is 0.108. The van der Waals surface area contributed by atoms with Gasteiger partial charge in [0.15, 0.2) is 11.5 Å². The lowest BCUT2D eigenvalue weighted by Crippen LogP contribution is -2.35. The van der Waals surface area contributed by atoms with E-state index in [4.69, 9.17) is 0 Å². The summed E-state index contributed by atoms with van der Waals surface area (Å²) in [5.74, 6) is -1.26. The second-order valence-corrected chi connectivity index (χ2v) is 9.21. The Morgan fingerprint density at radius 1 is 1.18 bits per heavy atom. The Morgan fingerprint density at radius 3 is 2.59 bits per heavy atom. The number of amides is 1. The molecule has 0 saturated heterocycles. The first-order chi connectivity index (χ1) is 16.2. The first-order valence-corrected chi connectivity index (χ1v) is 12.1. The monoisotopic (exact) mass is 490 g/mol. The van der Waals surface area contributed by atoms with Crippen molar-refractivity contribution in [1.29, 1.82) is 0 Å². The highest BCUT2D eigenvalue weighted by molar-refractivity contribution is 7.07. The number of rotatable bonds is 8. The van der Waals surface area contributed by atoms with E-state index in [2.05, 4.69) is 10.1 Å². The third-order valence-corrected chi connectivity index (χ3v) is 6.72. The Morgan fingerprint density at radius 2 is 1.91 bits per heavy atom. The van der Waals surface area contributed by atoms with Gasteiger partial charge in [0.25, 0.3) is 0 Å². The number of thiazole rings is 1. The first-order valence-electron chi connectivity index (χ1n) is 11.1. The quantitative estimate of drug-likeness (QED) is 0.458. The van der Waals surface area contributed by atoms with Gasteiger partial charge in [0.05, 0.1) is 23.7 Å². The van der Waals surface area contributed by atoms with Crippen LogP contribution in [0.3, 0.4) is 0 Å². The lowest BCUT2D eigenvalue weighted by atomic mass is 9.94. The molecule has 0 radical (unpaired) electrons. The standard InChI is InChI=1S/C24H25F3N4O2S/c1-30(18-7-3-2-4-8-18)23(33)16(11-17-14-34-15-28-17)12-19(32)13-31-21-10-6-5-9-20(21)22(29-31)24(25,26)27/h2-4,7-8,14-16H,5-6,9-13H2,1H3/t16-/m1/s1. The van der Waals surface area contributed by atoms with Crippen molar-refractivity contribution >= 4 is 28.7 Å². The van der Waals surface area contributed by atoms with Crippen LogP contribution in [0.2, 0.25) is 0 Å². The molecule has 2 heterocycles. The van der Waals surface area contributed by atoms with Gasteiger partial charge in [0.1, 0.15) is 0 Å². The second-order valence-electron chi connectivity index (χ2n) is 8.49. The largest absolute Gasteiger partial charge is 0.435 e. The van der Waals surface area contributed by atoms with E-state index >= 15 is 0 Å². The van der Waals surface area contributed by atoms with E-state index < -0.39 is 17.8 Å². The van der Waals surface area contributed by atoms with Crippen LogP contribution in [0, 0.1) is 5.92 Å². The molecule has 0 fully saturated rings. The van der Waals surface area contributed by atoms with Crippen molar-refractivity contribution in [1.82, 2.24) is 14.8 Å². The SMILES string of the molecule is CN(C(=O)[C@@H](CC(=O)Cn1nc(C(F)(F)F)c2c1CCCC2)Cc1cscn1)c1ccccc1. The minimum Gasteiger partial charge on any atom is -0.315 e. The molecule has 180 valence electrons. The van der Waals surface area contributed by atoms with Gasteiger partial charge in [-0.15, -0.1) is 11.3 Å². The van der Waals surface area contributed by atoms with E-state index in [1.54, 1.807) is 24.7 Å². The number of aromatic nitrogens is 3. The van der Waals surface area contributed by atoms with Gasteiger partial charge in [0.2, 0.25) is 5.91 Å². The van der Waals surface area contributed by atoms with Crippen LogP contribution in [0.4, 0.5) is 18.9 Å². The zero-order chi connectivity index (χ0) is 24.3. The predicted octanol–water partition coefficient (Wildman–Crippen LogP) is 4.72. The molecule has 0 saturated carbocycles. The molecule has 10 heteroatoms. The molecule has 4 rings (SSSR count). The lowest BCUT2D eigenvalue weighted by molar-refractivity contribution is -0.142. The molecule has 3 aromatic rings. The minimum atomic E-state index is -4.56. The molecule has 0 aliphatic heterocycles. The summed E-state index contributed by atoms with van der Waals surface area (Å²) in [4.78, 5) is 32.1. The maximum Gasteiger partial charge on any atom is 0.435 e. The Bertz CT molecular complexity index is 1140. The molecule has 1 aliphatic carbocycles. The molecule has 0 unspecified atom stereocenters. The number of halogens is 3. The van der Waals surface area contributed by atoms with Gasteiger partial charge >= 0.3 is 6.18 Å². The Balaban J connectivity index is 1.54. The van der Waals surface area contributed by atoms with Gasteiger partial charge in [0, 0.05) is 42.2 Å². The smallest absolute Gasteiger partial charge is 0.315 e. The van der Waals surface area contributed by atoms with Gasteiger partial charge in [-0.05, 0) is 37.8 Å². The second kappa shape index (κ2) is 10.1. The average molecular weight is 491 g/mol. The van der Waals surface area contributed by atoms with Crippen molar-refractivity contribution in [2.45, 2.75) is 51.2 Å². The molecule has 2 aromatic heterocycles. The maximum atomic E-state index is 13.5. The molecule has 6 nitrogen and oxygen atoms in total. The van der Waals surface area contributed by atoms with Gasteiger partial charge in [-0.2, -0.15) is 18.3 Å². The van der Waals surface area contributed by atoms with Crippen molar-refractivity contribution in [3.63, 3.8) is 0 Å². The van der Waals surface area contributed by atoms with E-state index in [0.29, 0.717) is 36.3 Å². The summed E-state index contributed by atoms with van der Waals surface area (Å²) < 4.78 is 41.7. The van der Waals surface area contributed by atoms with Crippen LogP contribution in [-0.4, -0.2) is 33.5 Å². The molecule has 0 spiro atoms. The number of hydrogen-bond donors (Lipinski definition) is 0. The van der Waals surface area contributed by atoms with Crippen LogP contribution in [0.5, 0.6) is 0 Å². The topological polar surface area (TPSA) is 68.1 Å². The molecule has 1 aliphatic rings. The molecule has 1 aromatic carbocycles. The zero-order valence-corrected chi connectivity index (χ0v) is 19.5. The summed E-state index contributed by atoms with van der Waals surface area (Å²) in [6.07, 6.45) is -2.19. The fourth-order valence-corrected chi connectivity index (χ4v) is 5.00. The zero-order valence-electron chi connectivity index (χ0n) is 18.7. The number of alkyl halides is 3. The number of carbonyl (C=O) groups is 2. The van der Waals surface area contributed by atoms with E-state index in [1.807, 2.05) is 23.6 Å².